The number of nitrogen functional groups attached to an aromatic ring is 1. The van der Waals surface area contributed by atoms with Gasteiger partial charge in [0.1, 0.15) is 5.82 Å². The highest BCUT2D eigenvalue weighted by Crippen LogP contribution is 2.34. The van der Waals surface area contributed by atoms with E-state index in [4.69, 9.17) is 10.5 Å². The quantitative estimate of drug-likeness (QED) is 0.936. The molecule has 1 aromatic heterocycles. The van der Waals surface area contributed by atoms with Gasteiger partial charge in [0.25, 0.3) is 0 Å². The fraction of sp³-hybridized carbons (Fsp3) is 0.353. The summed E-state index contributed by atoms with van der Waals surface area (Å²) in [6, 6.07) is 12.3. The normalized spacial score (nSPS) is 14.1. The molecule has 1 aliphatic rings. The molecule has 0 aliphatic carbocycles. The van der Waals surface area contributed by atoms with Gasteiger partial charge in [-0.15, -0.1) is 0 Å². The number of benzene rings is 1. The zero-order valence-electron chi connectivity index (χ0n) is 12.5. The topological polar surface area (TPSA) is 51.4 Å². The van der Waals surface area contributed by atoms with Crippen LogP contribution in [-0.2, 0) is 6.42 Å². The Bertz CT molecular complexity index is 640. The highest BCUT2D eigenvalue weighted by Gasteiger charge is 2.19. The molecule has 1 aliphatic heterocycles. The number of hydrogen-bond acceptors (Lipinski definition) is 4. The van der Waals surface area contributed by atoms with E-state index in [1.165, 1.54) is 11.3 Å². The third-order valence-corrected chi connectivity index (χ3v) is 3.61. The first-order chi connectivity index (χ1) is 10.1. The Morgan fingerprint density at radius 3 is 2.81 bits per heavy atom. The highest BCUT2D eigenvalue weighted by atomic mass is 16.5. The summed E-state index contributed by atoms with van der Waals surface area (Å²) in [5.41, 5.74) is 9.14. The van der Waals surface area contributed by atoms with Gasteiger partial charge < -0.3 is 15.4 Å². The van der Waals surface area contributed by atoms with Crippen LogP contribution in [0.4, 0.5) is 17.2 Å². The summed E-state index contributed by atoms with van der Waals surface area (Å²) in [5, 5.41) is 0. The molecule has 0 amide bonds. The summed E-state index contributed by atoms with van der Waals surface area (Å²) in [4.78, 5) is 6.86. The molecule has 0 spiro atoms. The Labute approximate surface area is 125 Å². The minimum absolute atomic E-state index is 0.0590. The number of rotatable bonds is 3. The lowest BCUT2D eigenvalue weighted by Gasteiger charge is -2.30. The minimum atomic E-state index is 0.0590. The number of hydrogen-bond donors (Lipinski definition) is 1. The smallest absolute Gasteiger partial charge is 0.239 e. The maximum atomic E-state index is 5.96. The van der Waals surface area contributed by atoms with Crippen LogP contribution in [0.1, 0.15) is 25.8 Å². The molecule has 4 nitrogen and oxygen atoms in total. The van der Waals surface area contributed by atoms with Crippen molar-refractivity contribution in [3.05, 3.63) is 42.0 Å². The summed E-state index contributed by atoms with van der Waals surface area (Å²) < 4.78 is 5.70. The standard InChI is InChI=1S/C17H21N3O/c1-12(2)21-17-14(18)9-10-16(19-17)20-11-5-7-13-6-3-4-8-15(13)20/h3-4,6,8-10,12H,5,7,11,18H2,1-2H3. The maximum Gasteiger partial charge on any atom is 0.239 e. The Kier molecular flexibility index (Phi) is 3.69. The molecule has 2 N–H and O–H groups in total. The van der Waals surface area contributed by atoms with Crippen molar-refractivity contribution in [2.75, 3.05) is 17.2 Å². The van der Waals surface area contributed by atoms with Crippen molar-refractivity contribution < 1.29 is 4.74 Å². The largest absolute Gasteiger partial charge is 0.473 e. The molecule has 0 bridgehead atoms. The number of anilines is 3. The second-order valence-electron chi connectivity index (χ2n) is 5.61. The molecule has 0 radical (unpaired) electrons. The Balaban J connectivity index is 1.98. The zero-order valence-corrected chi connectivity index (χ0v) is 12.5. The number of pyridine rings is 1. The molecular formula is C17H21N3O. The number of aryl methyl sites for hydroxylation is 1. The van der Waals surface area contributed by atoms with Crippen molar-refractivity contribution in [1.82, 2.24) is 4.98 Å². The first-order valence-corrected chi connectivity index (χ1v) is 7.44. The molecule has 2 heterocycles. The summed E-state index contributed by atoms with van der Waals surface area (Å²) in [7, 11) is 0. The van der Waals surface area contributed by atoms with E-state index in [0.29, 0.717) is 11.6 Å². The number of fused-ring (bicyclic) bond motifs is 1. The Hall–Kier alpha value is -2.23. The minimum Gasteiger partial charge on any atom is -0.473 e. The lowest BCUT2D eigenvalue weighted by atomic mass is 10.0. The van der Waals surface area contributed by atoms with E-state index >= 15 is 0 Å². The monoisotopic (exact) mass is 283 g/mol. The SMILES string of the molecule is CC(C)Oc1nc(N2CCCc3ccccc32)ccc1N. The van der Waals surface area contributed by atoms with Crippen LogP contribution in [0.15, 0.2) is 36.4 Å². The third-order valence-electron chi connectivity index (χ3n) is 3.61. The molecule has 3 rings (SSSR count). The number of aromatic nitrogens is 1. The first kappa shape index (κ1) is 13.7. The van der Waals surface area contributed by atoms with Gasteiger partial charge in [0.15, 0.2) is 0 Å². The van der Waals surface area contributed by atoms with Crippen LogP contribution in [0, 0.1) is 0 Å². The van der Waals surface area contributed by atoms with Crippen LogP contribution in [0.3, 0.4) is 0 Å². The Morgan fingerprint density at radius 2 is 2.00 bits per heavy atom. The molecule has 110 valence electrons. The van der Waals surface area contributed by atoms with Gasteiger partial charge in [0, 0.05) is 12.2 Å². The van der Waals surface area contributed by atoms with Crippen LogP contribution in [0.2, 0.25) is 0 Å². The van der Waals surface area contributed by atoms with Crippen molar-refractivity contribution >= 4 is 17.2 Å². The molecule has 2 aromatic rings. The molecular weight excluding hydrogens is 262 g/mol. The molecule has 0 atom stereocenters. The van der Waals surface area contributed by atoms with E-state index in [2.05, 4.69) is 34.1 Å². The van der Waals surface area contributed by atoms with Gasteiger partial charge in [0.05, 0.1) is 11.8 Å². The van der Waals surface area contributed by atoms with Crippen LogP contribution < -0.4 is 15.4 Å². The number of nitrogens with two attached hydrogens (primary N) is 1. The van der Waals surface area contributed by atoms with Gasteiger partial charge in [-0.1, -0.05) is 18.2 Å². The van der Waals surface area contributed by atoms with Crippen molar-refractivity contribution in [2.45, 2.75) is 32.8 Å². The summed E-state index contributed by atoms with van der Waals surface area (Å²) in [6.07, 6.45) is 2.31. The second-order valence-corrected chi connectivity index (χ2v) is 5.61. The summed E-state index contributed by atoms with van der Waals surface area (Å²) >= 11 is 0. The van der Waals surface area contributed by atoms with E-state index in [1.54, 1.807) is 0 Å². The van der Waals surface area contributed by atoms with Gasteiger partial charge in [-0.25, -0.2) is 0 Å². The first-order valence-electron chi connectivity index (χ1n) is 7.44. The number of ether oxygens (including phenoxy) is 1. The van der Waals surface area contributed by atoms with Gasteiger partial charge in [-0.3, -0.25) is 0 Å². The van der Waals surface area contributed by atoms with E-state index in [0.717, 1.165) is 25.2 Å². The maximum absolute atomic E-state index is 5.96. The molecule has 0 unspecified atom stereocenters. The molecule has 0 fully saturated rings. The van der Waals surface area contributed by atoms with Gasteiger partial charge >= 0.3 is 0 Å². The zero-order chi connectivity index (χ0) is 14.8. The predicted octanol–water partition coefficient (Wildman–Crippen LogP) is 3.54. The molecule has 0 saturated heterocycles. The van der Waals surface area contributed by atoms with Crippen LogP contribution in [0.5, 0.6) is 5.88 Å². The Morgan fingerprint density at radius 1 is 1.19 bits per heavy atom. The van der Waals surface area contributed by atoms with E-state index in [9.17, 15) is 0 Å². The number of nitrogens with zero attached hydrogens (tertiary/aromatic N) is 2. The van der Waals surface area contributed by atoms with E-state index < -0.39 is 0 Å². The lowest BCUT2D eigenvalue weighted by Crippen LogP contribution is -2.25. The van der Waals surface area contributed by atoms with Crippen molar-refractivity contribution in [3.63, 3.8) is 0 Å². The fourth-order valence-electron chi connectivity index (χ4n) is 2.68. The summed E-state index contributed by atoms with van der Waals surface area (Å²) in [6.45, 7) is 4.92. The van der Waals surface area contributed by atoms with Gasteiger partial charge in [-0.05, 0) is 50.5 Å². The average Bonchev–Trinajstić information content (AvgIpc) is 2.48. The van der Waals surface area contributed by atoms with Crippen molar-refractivity contribution in [2.24, 2.45) is 0 Å². The van der Waals surface area contributed by atoms with Gasteiger partial charge in [0.2, 0.25) is 5.88 Å². The summed E-state index contributed by atoms with van der Waals surface area (Å²) in [5.74, 6) is 1.41. The second kappa shape index (κ2) is 5.64. The van der Waals surface area contributed by atoms with Crippen LogP contribution >= 0.6 is 0 Å². The number of para-hydroxylation sites is 1. The van der Waals surface area contributed by atoms with E-state index in [1.807, 2.05) is 26.0 Å². The van der Waals surface area contributed by atoms with E-state index in [-0.39, 0.29) is 6.10 Å². The fourth-order valence-corrected chi connectivity index (χ4v) is 2.68. The highest BCUT2D eigenvalue weighted by molar-refractivity contribution is 5.67. The predicted molar refractivity (Wildman–Crippen MR) is 86.2 cm³/mol. The third kappa shape index (κ3) is 2.79. The molecule has 0 saturated carbocycles. The molecule has 21 heavy (non-hydrogen) atoms. The van der Waals surface area contributed by atoms with Crippen LogP contribution in [0.25, 0.3) is 0 Å². The molecule has 4 heteroatoms. The van der Waals surface area contributed by atoms with Crippen molar-refractivity contribution in [1.29, 1.82) is 0 Å². The average molecular weight is 283 g/mol. The molecule has 1 aromatic carbocycles. The van der Waals surface area contributed by atoms with Crippen molar-refractivity contribution in [3.8, 4) is 5.88 Å². The van der Waals surface area contributed by atoms with Crippen LogP contribution in [-0.4, -0.2) is 17.6 Å². The van der Waals surface area contributed by atoms with Gasteiger partial charge in [-0.2, -0.15) is 4.98 Å². The lowest BCUT2D eigenvalue weighted by molar-refractivity contribution is 0.234.